The average molecular weight is 350 g/mol. The van der Waals surface area contributed by atoms with E-state index in [1.807, 2.05) is 13.8 Å². The van der Waals surface area contributed by atoms with E-state index in [9.17, 15) is 18.0 Å². The van der Waals surface area contributed by atoms with Crippen LogP contribution in [0.4, 0.5) is 0 Å². The molecule has 8 nitrogen and oxygen atoms in total. The summed E-state index contributed by atoms with van der Waals surface area (Å²) in [5.74, 6) is -1.75. The van der Waals surface area contributed by atoms with Gasteiger partial charge in [0, 0.05) is 13.1 Å². The number of ether oxygens (including phenoxy) is 1. The van der Waals surface area contributed by atoms with Crippen LogP contribution in [0.2, 0.25) is 0 Å². The maximum atomic E-state index is 12.3. The van der Waals surface area contributed by atoms with Crippen molar-refractivity contribution in [3.8, 4) is 0 Å². The van der Waals surface area contributed by atoms with Gasteiger partial charge in [0.2, 0.25) is 0 Å². The quantitative estimate of drug-likeness (QED) is 0.620. The highest BCUT2D eigenvalue weighted by Gasteiger charge is 2.34. The summed E-state index contributed by atoms with van der Waals surface area (Å²) in [5.41, 5.74) is 0. The van der Waals surface area contributed by atoms with Crippen LogP contribution < -0.4 is 4.72 Å². The van der Waals surface area contributed by atoms with Crippen molar-refractivity contribution in [1.82, 2.24) is 9.03 Å². The average Bonchev–Trinajstić information content (AvgIpc) is 2.46. The lowest BCUT2D eigenvalue weighted by Gasteiger charge is -2.31. The number of hydrogen-bond donors (Lipinski definition) is 2. The van der Waals surface area contributed by atoms with Gasteiger partial charge in [-0.3, -0.25) is 9.59 Å². The molecular weight excluding hydrogens is 324 g/mol. The molecule has 0 spiro atoms. The number of carboxylic acid groups (broad SMARTS) is 1. The van der Waals surface area contributed by atoms with Gasteiger partial charge in [-0.1, -0.05) is 13.8 Å². The normalized spacial score (nSPS) is 18.8. The second-order valence-electron chi connectivity index (χ2n) is 6.07. The van der Waals surface area contributed by atoms with Crippen molar-refractivity contribution in [3.05, 3.63) is 0 Å². The number of nitrogens with one attached hydrogen (secondary N) is 1. The zero-order valence-electron chi connectivity index (χ0n) is 13.8. The molecule has 0 saturated carbocycles. The summed E-state index contributed by atoms with van der Waals surface area (Å²) in [4.78, 5) is 22.9. The molecule has 1 unspecified atom stereocenters. The molecule has 9 heteroatoms. The summed E-state index contributed by atoms with van der Waals surface area (Å²) in [6.07, 6.45) is 0.969. The zero-order valence-corrected chi connectivity index (χ0v) is 14.6. The first kappa shape index (κ1) is 19.9. The molecule has 2 N–H and O–H groups in total. The first-order chi connectivity index (χ1) is 10.7. The summed E-state index contributed by atoms with van der Waals surface area (Å²) in [6, 6.07) is -1.15. The minimum absolute atomic E-state index is 0.0494. The van der Waals surface area contributed by atoms with Crippen LogP contribution in [0.15, 0.2) is 0 Å². The number of rotatable bonds is 8. The fourth-order valence-corrected chi connectivity index (χ4v) is 3.91. The van der Waals surface area contributed by atoms with Gasteiger partial charge in [0.15, 0.2) is 0 Å². The van der Waals surface area contributed by atoms with E-state index in [4.69, 9.17) is 9.84 Å². The lowest BCUT2D eigenvalue weighted by atomic mass is 9.98. The van der Waals surface area contributed by atoms with Crippen molar-refractivity contribution in [3.63, 3.8) is 0 Å². The van der Waals surface area contributed by atoms with Gasteiger partial charge in [-0.25, -0.2) is 0 Å². The topological polar surface area (TPSA) is 113 Å². The molecule has 0 aromatic heterocycles. The van der Waals surface area contributed by atoms with E-state index < -0.39 is 22.2 Å². The maximum absolute atomic E-state index is 12.3. The van der Waals surface area contributed by atoms with Crippen molar-refractivity contribution >= 4 is 22.1 Å². The van der Waals surface area contributed by atoms with Crippen molar-refractivity contribution in [1.29, 1.82) is 0 Å². The molecule has 0 aromatic rings. The van der Waals surface area contributed by atoms with Gasteiger partial charge >= 0.3 is 11.9 Å². The highest BCUT2D eigenvalue weighted by molar-refractivity contribution is 7.87. The van der Waals surface area contributed by atoms with Crippen LogP contribution >= 0.6 is 0 Å². The molecule has 134 valence electrons. The van der Waals surface area contributed by atoms with E-state index in [1.54, 1.807) is 6.92 Å². The Labute approximate surface area is 137 Å². The molecule has 0 bridgehead atoms. The summed E-state index contributed by atoms with van der Waals surface area (Å²) in [5, 5.41) is 9.15. The molecule has 0 aliphatic carbocycles. The van der Waals surface area contributed by atoms with Crippen molar-refractivity contribution < 1.29 is 27.9 Å². The Balaban J connectivity index is 2.64. The van der Waals surface area contributed by atoms with E-state index >= 15 is 0 Å². The Morgan fingerprint density at radius 1 is 1.30 bits per heavy atom. The molecule has 1 fully saturated rings. The van der Waals surface area contributed by atoms with E-state index in [2.05, 4.69) is 4.72 Å². The first-order valence-electron chi connectivity index (χ1n) is 7.84. The van der Waals surface area contributed by atoms with E-state index in [0.717, 1.165) is 0 Å². The Morgan fingerprint density at radius 2 is 1.87 bits per heavy atom. The molecule has 1 heterocycles. The van der Waals surface area contributed by atoms with Crippen LogP contribution in [-0.2, 0) is 24.5 Å². The third-order valence-electron chi connectivity index (χ3n) is 3.71. The van der Waals surface area contributed by atoms with Gasteiger partial charge in [-0.15, -0.1) is 0 Å². The number of piperidine rings is 1. The minimum atomic E-state index is -3.88. The molecule has 0 amide bonds. The summed E-state index contributed by atoms with van der Waals surface area (Å²) in [7, 11) is -3.88. The molecular formula is C14H26N2O6S. The zero-order chi connectivity index (χ0) is 17.6. The molecule has 1 aliphatic rings. The van der Waals surface area contributed by atoms with Crippen LogP contribution in [0.3, 0.4) is 0 Å². The number of carbonyl (C=O) groups excluding carboxylic acids is 1. The van der Waals surface area contributed by atoms with Gasteiger partial charge < -0.3 is 9.84 Å². The van der Waals surface area contributed by atoms with Crippen molar-refractivity contribution in [2.75, 3.05) is 19.7 Å². The maximum Gasteiger partial charge on any atom is 0.321 e. The Kier molecular flexibility index (Phi) is 7.43. The highest BCUT2D eigenvalue weighted by Crippen LogP contribution is 2.21. The van der Waals surface area contributed by atoms with Gasteiger partial charge in [0.1, 0.15) is 6.04 Å². The first-order valence-corrected chi connectivity index (χ1v) is 9.28. The SMILES string of the molecule is CCOC(=O)C1CCN(S(=O)(=O)NC(CC(C)C)C(=O)O)CC1. The molecule has 1 aliphatic heterocycles. The lowest BCUT2D eigenvalue weighted by Crippen LogP contribution is -2.51. The lowest BCUT2D eigenvalue weighted by molar-refractivity contribution is -0.149. The van der Waals surface area contributed by atoms with Gasteiger partial charge in [-0.2, -0.15) is 17.4 Å². The largest absolute Gasteiger partial charge is 0.480 e. The third kappa shape index (κ3) is 6.08. The number of carboxylic acids is 1. The molecule has 1 saturated heterocycles. The second kappa shape index (κ2) is 8.60. The van der Waals surface area contributed by atoms with Crippen LogP contribution in [0.5, 0.6) is 0 Å². The van der Waals surface area contributed by atoms with Gasteiger partial charge in [0.05, 0.1) is 12.5 Å². The predicted molar refractivity (Wildman–Crippen MR) is 83.9 cm³/mol. The summed E-state index contributed by atoms with van der Waals surface area (Å²) >= 11 is 0. The fourth-order valence-electron chi connectivity index (χ4n) is 2.52. The monoisotopic (exact) mass is 350 g/mol. The summed E-state index contributed by atoms with van der Waals surface area (Å²) in [6.45, 7) is 6.03. The molecule has 23 heavy (non-hydrogen) atoms. The standard InChI is InChI=1S/C14H26N2O6S/c1-4-22-14(19)11-5-7-16(8-6-11)23(20,21)15-12(13(17)18)9-10(2)3/h10-12,15H,4-9H2,1-3H3,(H,17,18). The van der Waals surface area contributed by atoms with Crippen LogP contribution in [-0.4, -0.2) is 55.5 Å². The second-order valence-corrected chi connectivity index (χ2v) is 7.77. The number of nitrogens with zero attached hydrogens (tertiary/aromatic N) is 1. The predicted octanol–water partition coefficient (Wildman–Crippen LogP) is 0.595. The molecule has 0 radical (unpaired) electrons. The summed E-state index contributed by atoms with van der Waals surface area (Å²) < 4.78 is 33.0. The number of esters is 1. The van der Waals surface area contributed by atoms with Crippen LogP contribution in [0, 0.1) is 11.8 Å². The van der Waals surface area contributed by atoms with Crippen molar-refractivity contribution in [2.45, 2.75) is 46.1 Å². The Bertz CT molecular complexity index is 511. The van der Waals surface area contributed by atoms with Gasteiger partial charge in [-0.05, 0) is 32.1 Å². The number of carbonyl (C=O) groups is 2. The van der Waals surface area contributed by atoms with Crippen molar-refractivity contribution in [2.24, 2.45) is 11.8 Å². The van der Waals surface area contributed by atoms with E-state index in [1.165, 1.54) is 4.31 Å². The number of aliphatic carboxylic acids is 1. The number of hydrogen-bond acceptors (Lipinski definition) is 5. The Hall–Kier alpha value is -1.19. The van der Waals surface area contributed by atoms with Gasteiger partial charge in [0.25, 0.3) is 10.2 Å². The smallest absolute Gasteiger partial charge is 0.321 e. The molecule has 1 atom stereocenters. The van der Waals surface area contributed by atoms with E-state index in [-0.39, 0.29) is 37.3 Å². The molecule has 0 aromatic carbocycles. The van der Waals surface area contributed by atoms with Crippen LogP contribution in [0.25, 0.3) is 0 Å². The minimum Gasteiger partial charge on any atom is -0.480 e. The fraction of sp³-hybridized carbons (Fsp3) is 0.857. The third-order valence-corrected chi connectivity index (χ3v) is 5.34. The molecule has 1 rings (SSSR count). The highest BCUT2D eigenvalue weighted by atomic mass is 32.2. The Morgan fingerprint density at radius 3 is 2.30 bits per heavy atom. The van der Waals surface area contributed by atoms with E-state index in [0.29, 0.717) is 19.4 Å². The van der Waals surface area contributed by atoms with Crippen LogP contribution in [0.1, 0.15) is 40.0 Å².